The summed E-state index contributed by atoms with van der Waals surface area (Å²) in [5.41, 5.74) is 15.2. The van der Waals surface area contributed by atoms with Crippen molar-refractivity contribution in [3.8, 4) is 67.3 Å². The van der Waals surface area contributed by atoms with Crippen molar-refractivity contribution in [1.82, 2.24) is 15.0 Å². The highest BCUT2D eigenvalue weighted by molar-refractivity contribution is 6.27. The Balaban J connectivity index is 1.02. The minimum absolute atomic E-state index is 0.683. The standard InChI is InChI=1S/C57H35N3O/c1-3-16-36(17-4-1)38-20-13-23-41(32-38)55-45-27-8-11-30-49(45)59-57(60-55)43-25-15-22-40(34-43)39-21-14-24-42(33-39)56-47-35-51-54(46-28-9-12-31-50(46)61-51)52(37-18-5-2-6-19-37)53(47)44-26-7-10-29-48(44)58-56/h1-35H. The van der Waals surface area contributed by atoms with Crippen molar-refractivity contribution in [3.05, 3.63) is 212 Å². The van der Waals surface area contributed by atoms with Crippen molar-refractivity contribution >= 4 is 54.5 Å². The maximum Gasteiger partial charge on any atom is 0.160 e. The molecule has 0 saturated carbocycles. The van der Waals surface area contributed by atoms with E-state index >= 15 is 0 Å². The molecule has 0 amide bonds. The normalized spacial score (nSPS) is 11.6. The SMILES string of the molecule is c1ccc(-c2cccc(-c3nc(-c4cccc(-c5cccc(-c6nc7ccccc7c7c(-c8ccccc8)c8c(cc67)oc6ccccc68)c5)c4)nc4ccccc34)c2)cc1. The lowest BCUT2D eigenvalue weighted by molar-refractivity contribution is 0.669. The molecule has 0 aliphatic heterocycles. The van der Waals surface area contributed by atoms with E-state index in [9.17, 15) is 0 Å². The summed E-state index contributed by atoms with van der Waals surface area (Å²) in [6, 6.07) is 74.3. The van der Waals surface area contributed by atoms with Crippen LogP contribution in [0.4, 0.5) is 0 Å². The van der Waals surface area contributed by atoms with Gasteiger partial charge in [-0.05, 0) is 70.3 Å². The molecule has 12 aromatic rings. The van der Waals surface area contributed by atoms with Crippen molar-refractivity contribution in [2.24, 2.45) is 0 Å². The molecule has 0 spiro atoms. The third-order valence-electron chi connectivity index (χ3n) is 11.8. The Bertz CT molecular complexity index is 3650. The number of hydrogen-bond acceptors (Lipinski definition) is 4. The van der Waals surface area contributed by atoms with Gasteiger partial charge in [0.25, 0.3) is 0 Å². The molecular formula is C57H35N3O. The lowest BCUT2D eigenvalue weighted by Crippen LogP contribution is -1.96. The zero-order valence-electron chi connectivity index (χ0n) is 33.0. The molecule has 0 bridgehead atoms. The molecule has 9 aromatic carbocycles. The number of benzene rings is 9. The largest absolute Gasteiger partial charge is 0.456 e. The van der Waals surface area contributed by atoms with Crippen LogP contribution in [-0.2, 0) is 0 Å². The molecule has 4 nitrogen and oxygen atoms in total. The van der Waals surface area contributed by atoms with Gasteiger partial charge in [-0.3, -0.25) is 0 Å². The highest BCUT2D eigenvalue weighted by Gasteiger charge is 2.22. The molecule has 12 rings (SSSR count). The number of aromatic nitrogens is 3. The van der Waals surface area contributed by atoms with Crippen LogP contribution in [0, 0.1) is 0 Å². The zero-order valence-corrected chi connectivity index (χ0v) is 33.0. The summed E-state index contributed by atoms with van der Waals surface area (Å²) in [5.74, 6) is 0.683. The predicted molar refractivity (Wildman–Crippen MR) is 252 cm³/mol. The summed E-state index contributed by atoms with van der Waals surface area (Å²) in [7, 11) is 0. The van der Waals surface area contributed by atoms with Gasteiger partial charge in [0.1, 0.15) is 11.2 Å². The van der Waals surface area contributed by atoms with Crippen molar-refractivity contribution in [2.45, 2.75) is 0 Å². The van der Waals surface area contributed by atoms with Gasteiger partial charge in [0.2, 0.25) is 0 Å². The summed E-state index contributed by atoms with van der Waals surface area (Å²) >= 11 is 0. The average Bonchev–Trinajstić information content (AvgIpc) is 3.71. The van der Waals surface area contributed by atoms with Crippen LogP contribution < -0.4 is 0 Å². The van der Waals surface area contributed by atoms with Crippen LogP contribution in [0.3, 0.4) is 0 Å². The van der Waals surface area contributed by atoms with Crippen molar-refractivity contribution < 1.29 is 4.42 Å². The van der Waals surface area contributed by atoms with Gasteiger partial charge in [-0.15, -0.1) is 0 Å². The Morgan fingerprint density at radius 3 is 1.48 bits per heavy atom. The summed E-state index contributed by atoms with van der Waals surface area (Å²) in [4.78, 5) is 15.8. The molecule has 0 saturated heterocycles. The van der Waals surface area contributed by atoms with Crippen LogP contribution in [0.2, 0.25) is 0 Å². The number of fused-ring (bicyclic) bond motifs is 7. The second-order valence-corrected chi connectivity index (χ2v) is 15.5. The van der Waals surface area contributed by atoms with Crippen molar-refractivity contribution in [1.29, 1.82) is 0 Å². The van der Waals surface area contributed by atoms with Crippen LogP contribution in [0.15, 0.2) is 217 Å². The van der Waals surface area contributed by atoms with Gasteiger partial charge in [-0.1, -0.05) is 170 Å². The third-order valence-corrected chi connectivity index (χ3v) is 11.8. The van der Waals surface area contributed by atoms with Gasteiger partial charge in [0.05, 0.1) is 22.4 Å². The molecule has 0 atom stereocenters. The monoisotopic (exact) mass is 777 g/mol. The third kappa shape index (κ3) is 5.96. The first kappa shape index (κ1) is 34.8. The summed E-state index contributed by atoms with van der Waals surface area (Å²) in [5, 5.41) is 6.56. The van der Waals surface area contributed by atoms with Gasteiger partial charge in [-0.2, -0.15) is 0 Å². The van der Waals surface area contributed by atoms with Gasteiger partial charge in [0, 0.05) is 54.6 Å². The minimum atomic E-state index is 0.683. The van der Waals surface area contributed by atoms with E-state index in [0.717, 1.165) is 110 Å². The average molecular weight is 778 g/mol. The fraction of sp³-hybridized carbons (Fsp3) is 0. The van der Waals surface area contributed by atoms with Gasteiger partial charge in [0.15, 0.2) is 5.82 Å². The van der Waals surface area contributed by atoms with Crippen LogP contribution in [-0.4, -0.2) is 15.0 Å². The summed E-state index contributed by atoms with van der Waals surface area (Å²) in [6.45, 7) is 0. The van der Waals surface area contributed by atoms with Crippen molar-refractivity contribution in [3.63, 3.8) is 0 Å². The molecule has 0 unspecified atom stereocenters. The molecule has 0 N–H and O–H groups in total. The molecule has 3 heterocycles. The molecule has 4 heteroatoms. The van der Waals surface area contributed by atoms with Gasteiger partial charge < -0.3 is 4.42 Å². The van der Waals surface area contributed by atoms with E-state index in [4.69, 9.17) is 19.4 Å². The first-order chi connectivity index (χ1) is 30.2. The maximum atomic E-state index is 6.62. The number of rotatable bonds is 6. The van der Waals surface area contributed by atoms with E-state index in [1.807, 2.05) is 18.2 Å². The minimum Gasteiger partial charge on any atom is -0.456 e. The maximum absolute atomic E-state index is 6.62. The number of hydrogen-bond donors (Lipinski definition) is 0. The summed E-state index contributed by atoms with van der Waals surface area (Å²) < 4.78 is 6.62. The topological polar surface area (TPSA) is 51.8 Å². The van der Waals surface area contributed by atoms with E-state index in [1.165, 1.54) is 5.56 Å². The lowest BCUT2D eigenvalue weighted by atomic mass is 9.89. The van der Waals surface area contributed by atoms with E-state index < -0.39 is 0 Å². The first-order valence-electron chi connectivity index (χ1n) is 20.6. The second-order valence-electron chi connectivity index (χ2n) is 15.5. The number of pyridine rings is 1. The Labute approximate surface area is 352 Å². The van der Waals surface area contributed by atoms with E-state index in [1.54, 1.807) is 0 Å². The predicted octanol–water partition coefficient (Wildman–Crippen LogP) is 15.2. The van der Waals surface area contributed by atoms with E-state index in [0.29, 0.717) is 5.82 Å². The van der Waals surface area contributed by atoms with Gasteiger partial charge in [-0.25, -0.2) is 15.0 Å². The fourth-order valence-electron chi connectivity index (χ4n) is 9.02. The highest BCUT2D eigenvalue weighted by atomic mass is 16.3. The summed E-state index contributed by atoms with van der Waals surface area (Å²) in [6.07, 6.45) is 0. The Kier molecular flexibility index (Phi) is 8.13. The van der Waals surface area contributed by atoms with Crippen LogP contribution >= 0.6 is 0 Å². The Hall–Kier alpha value is -8.21. The van der Waals surface area contributed by atoms with Gasteiger partial charge >= 0.3 is 0 Å². The molecule has 0 radical (unpaired) electrons. The molecule has 0 fully saturated rings. The smallest absolute Gasteiger partial charge is 0.160 e. The number of furan rings is 1. The molecule has 0 aliphatic rings. The Morgan fingerprint density at radius 2 is 0.770 bits per heavy atom. The highest BCUT2D eigenvalue weighted by Crippen LogP contribution is 2.46. The van der Waals surface area contributed by atoms with Crippen LogP contribution in [0.5, 0.6) is 0 Å². The molecule has 0 aliphatic carbocycles. The first-order valence-corrected chi connectivity index (χ1v) is 20.6. The molecule has 61 heavy (non-hydrogen) atoms. The second kappa shape index (κ2) is 14.3. The van der Waals surface area contributed by atoms with Crippen LogP contribution in [0.25, 0.3) is 122 Å². The number of nitrogens with zero attached hydrogens (tertiary/aromatic N) is 3. The quantitative estimate of drug-likeness (QED) is 0.158. The van der Waals surface area contributed by atoms with Crippen LogP contribution in [0.1, 0.15) is 0 Å². The molecule has 284 valence electrons. The molecular weight excluding hydrogens is 743 g/mol. The van der Waals surface area contributed by atoms with E-state index in [2.05, 4.69) is 194 Å². The Morgan fingerprint density at radius 1 is 0.279 bits per heavy atom. The van der Waals surface area contributed by atoms with Crippen molar-refractivity contribution in [2.75, 3.05) is 0 Å². The zero-order chi connectivity index (χ0) is 40.3. The number of para-hydroxylation sites is 3. The lowest BCUT2D eigenvalue weighted by Gasteiger charge is -2.16. The fourth-order valence-corrected chi connectivity index (χ4v) is 9.02. The molecule has 3 aromatic heterocycles. The van der Waals surface area contributed by atoms with E-state index in [-0.39, 0.29) is 0 Å².